The summed E-state index contributed by atoms with van der Waals surface area (Å²) in [7, 11) is 0. The molecule has 0 aromatic heterocycles. The van der Waals surface area contributed by atoms with Crippen molar-refractivity contribution in [3.63, 3.8) is 0 Å². The lowest BCUT2D eigenvalue weighted by Gasteiger charge is -2.21. The lowest BCUT2D eigenvalue weighted by molar-refractivity contribution is 0.0965. The predicted molar refractivity (Wildman–Crippen MR) is 64.8 cm³/mol. The van der Waals surface area contributed by atoms with E-state index in [2.05, 4.69) is 0 Å². The van der Waals surface area contributed by atoms with Crippen molar-refractivity contribution in [1.29, 1.82) is 0 Å². The molecule has 1 unspecified atom stereocenters. The number of Topliss-reactive ketones (excluding diaryl/α,β-unsaturated/α-hetero) is 1. The molecule has 1 aliphatic heterocycles. The largest absolute Gasteiger partial charge is 0.486 e. The summed E-state index contributed by atoms with van der Waals surface area (Å²) in [6, 6.07) is 3.13. The second-order valence-electron chi connectivity index (χ2n) is 4.16. The van der Waals surface area contributed by atoms with Crippen LogP contribution in [0.25, 0.3) is 0 Å². The number of benzene rings is 1. The Morgan fingerprint density at radius 1 is 1.35 bits per heavy atom. The maximum Gasteiger partial charge on any atom is 0.179 e. The highest BCUT2D eigenvalue weighted by Gasteiger charge is 2.20. The van der Waals surface area contributed by atoms with Gasteiger partial charge < -0.3 is 15.2 Å². The number of ketones is 1. The van der Waals surface area contributed by atoms with Crippen molar-refractivity contribution in [1.82, 2.24) is 0 Å². The van der Waals surface area contributed by atoms with Crippen LogP contribution in [0.1, 0.15) is 29.8 Å². The molecule has 1 aromatic carbocycles. The first-order valence-corrected chi connectivity index (χ1v) is 5.85. The minimum Gasteiger partial charge on any atom is -0.486 e. The monoisotopic (exact) mass is 235 g/mol. The topological polar surface area (TPSA) is 61.6 Å². The van der Waals surface area contributed by atoms with Crippen molar-refractivity contribution in [3.8, 4) is 11.5 Å². The Kier molecular flexibility index (Phi) is 3.33. The molecule has 0 aliphatic carbocycles. The molecule has 1 aliphatic rings. The lowest BCUT2D eigenvalue weighted by atomic mass is 9.97. The van der Waals surface area contributed by atoms with E-state index in [-0.39, 0.29) is 5.78 Å². The minimum atomic E-state index is -0.497. The van der Waals surface area contributed by atoms with Crippen molar-refractivity contribution in [2.45, 2.75) is 26.3 Å². The highest BCUT2D eigenvalue weighted by molar-refractivity contribution is 6.01. The number of fused-ring (bicyclic) bond motifs is 1. The quantitative estimate of drug-likeness (QED) is 0.807. The van der Waals surface area contributed by atoms with Crippen LogP contribution in [0.4, 0.5) is 0 Å². The van der Waals surface area contributed by atoms with Crippen LogP contribution in [0.3, 0.4) is 0 Å². The number of aryl methyl sites for hydroxylation is 1. The molecule has 1 heterocycles. The molecular weight excluding hydrogens is 218 g/mol. The highest BCUT2D eigenvalue weighted by Crippen LogP contribution is 2.33. The van der Waals surface area contributed by atoms with E-state index >= 15 is 0 Å². The molecule has 0 bridgehead atoms. The van der Waals surface area contributed by atoms with Gasteiger partial charge in [-0.05, 0) is 31.0 Å². The summed E-state index contributed by atoms with van der Waals surface area (Å²) in [5.41, 5.74) is 7.25. The lowest BCUT2D eigenvalue weighted by Crippen LogP contribution is -2.28. The number of ether oxygens (including phenoxy) is 2. The summed E-state index contributed by atoms with van der Waals surface area (Å²) < 4.78 is 11.0. The molecule has 0 radical (unpaired) electrons. The van der Waals surface area contributed by atoms with E-state index in [4.69, 9.17) is 15.2 Å². The van der Waals surface area contributed by atoms with Crippen LogP contribution in [0, 0.1) is 0 Å². The molecule has 1 aromatic rings. The SMILES string of the molecule is CCc1cc2c(cc1C(=O)C(C)N)OCCO2. The average molecular weight is 235 g/mol. The minimum absolute atomic E-state index is 0.0566. The van der Waals surface area contributed by atoms with Crippen LogP contribution in [0.15, 0.2) is 12.1 Å². The van der Waals surface area contributed by atoms with Gasteiger partial charge in [0, 0.05) is 5.56 Å². The first kappa shape index (κ1) is 11.9. The normalized spacial score (nSPS) is 15.5. The van der Waals surface area contributed by atoms with Crippen molar-refractivity contribution in [3.05, 3.63) is 23.3 Å². The number of carbonyl (C=O) groups excluding carboxylic acids is 1. The fourth-order valence-electron chi connectivity index (χ4n) is 1.90. The zero-order chi connectivity index (χ0) is 12.4. The van der Waals surface area contributed by atoms with Crippen LogP contribution in [-0.4, -0.2) is 25.0 Å². The number of hydrogen-bond acceptors (Lipinski definition) is 4. The van der Waals surface area contributed by atoms with Gasteiger partial charge in [-0.15, -0.1) is 0 Å². The summed E-state index contributed by atoms with van der Waals surface area (Å²) in [6.07, 6.45) is 0.768. The average Bonchev–Trinajstić information content (AvgIpc) is 2.36. The summed E-state index contributed by atoms with van der Waals surface area (Å²) in [6.45, 7) is 4.77. The predicted octanol–water partition coefficient (Wildman–Crippen LogP) is 1.55. The van der Waals surface area contributed by atoms with Gasteiger partial charge in [0.25, 0.3) is 0 Å². The van der Waals surface area contributed by atoms with Gasteiger partial charge in [-0.3, -0.25) is 4.79 Å². The van der Waals surface area contributed by atoms with E-state index in [1.807, 2.05) is 13.0 Å². The molecule has 2 rings (SSSR count). The van der Waals surface area contributed by atoms with Gasteiger partial charge in [0.15, 0.2) is 17.3 Å². The van der Waals surface area contributed by atoms with Gasteiger partial charge in [0.2, 0.25) is 0 Å². The zero-order valence-corrected chi connectivity index (χ0v) is 10.2. The van der Waals surface area contributed by atoms with Gasteiger partial charge in [0.05, 0.1) is 6.04 Å². The summed E-state index contributed by atoms with van der Waals surface area (Å²) in [4.78, 5) is 12.0. The van der Waals surface area contributed by atoms with Crippen molar-refractivity contribution < 1.29 is 14.3 Å². The fraction of sp³-hybridized carbons (Fsp3) is 0.462. The van der Waals surface area contributed by atoms with E-state index in [0.29, 0.717) is 30.3 Å². The first-order chi connectivity index (χ1) is 8.13. The molecule has 4 nitrogen and oxygen atoms in total. The number of nitrogens with two attached hydrogens (primary N) is 1. The van der Waals surface area contributed by atoms with Crippen molar-refractivity contribution in [2.75, 3.05) is 13.2 Å². The van der Waals surface area contributed by atoms with Gasteiger partial charge in [-0.2, -0.15) is 0 Å². The Balaban J connectivity index is 2.47. The molecule has 4 heteroatoms. The second kappa shape index (κ2) is 4.75. The van der Waals surface area contributed by atoms with Gasteiger partial charge in [-0.1, -0.05) is 6.92 Å². The molecule has 0 fully saturated rings. The summed E-state index contributed by atoms with van der Waals surface area (Å²) in [5, 5.41) is 0. The van der Waals surface area contributed by atoms with Crippen LogP contribution in [-0.2, 0) is 6.42 Å². The first-order valence-electron chi connectivity index (χ1n) is 5.85. The second-order valence-corrected chi connectivity index (χ2v) is 4.16. The fourth-order valence-corrected chi connectivity index (χ4v) is 1.90. The number of rotatable bonds is 3. The Labute approximate surface area is 101 Å². The molecule has 0 amide bonds. The van der Waals surface area contributed by atoms with E-state index < -0.39 is 6.04 Å². The molecule has 2 N–H and O–H groups in total. The van der Waals surface area contributed by atoms with Gasteiger partial charge in [-0.25, -0.2) is 0 Å². The van der Waals surface area contributed by atoms with Crippen LogP contribution < -0.4 is 15.2 Å². The van der Waals surface area contributed by atoms with Gasteiger partial charge in [0.1, 0.15) is 13.2 Å². The third-order valence-corrected chi connectivity index (χ3v) is 2.83. The molecule has 17 heavy (non-hydrogen) atoms. The molecule has 0 saturated heterocycles. The van der Waals surface area contributed by atoms with Crippen LogP contribution >= 0.6 is 0 Å². The molecule has 92 valence electrons. The summed E-state index contributed by atoms with van der Waals surface area (Å²) in [5.74, 6) is 1.30. The van der Waals surface area contributed by atoms with Crippen LogP contribution in [0.5, 0.6) is 11.5 Å². The van der Waals surface area contributed by atoms with E-state index in [1.165, 1.54) is 0 Å². The Morgan fingerprint density at radius 2 is 1.94 bits per heavy atom. The zero-order valence-electron chi connectivity index (χ0n) is 10.2. The third-order valence-electron chi connectivity index (χ3n) is 2.83. The molecular formula is C13H17NO3. The van der Waals surface area contributed by atoms with E-state index in [0.717, 1.165) is 12.0 Å². The summed E-state index contributed by atoms with van der Waals surface area (Å²) >= 11 is 0. The maximum atomic E-state index is 12.0. The van der Waals surface area contributed by atoms with Crippen LogP contribution in [0.2, 0.25) is 0 Å². The molecule has 0 saturated carbocycles. The maximum absolute atomic E-state index is 12.0. The standard InChI is InChI=1S/C13H17NO3/c1-3-9-6-11-12(17-5-4-16-11)7-10(9)13(15)8(2)14/h6-8H,3-5,14H2,1-2H3. The van der Waals surface area contributed by atoms with Gasteiger partial charge >= 0.3 is 0 Å². The van der Waals surface area contributed by atoms with E-state index in [9.17, 15) is 4.79 Å². The van der Waals surface area contributed by atoms with Crippen molar-refractivity contribution >= 4 is 5.78 Å². The smallest absolute Gasteiger partial charge is 0.179 e. The third kappa shape index (κ3) is 2.26. The highest BCUT2D eigenvalue weighted by atomic mass is 16.6. The number of hydrogen-bond donors (Lipinski definition) is 1. The Hall–Kier alpha value is -1.55. The Morgan fingerprint density at radius 3 is 2.47 bits per heavy atom. The van der Waals surface area contributed by atoms with Crippen molar-refractivity contribution in [2.24, 2.45) is 5.73 Å². The number of carbonyl (C=O) groups is 1. The molecule has 0 spiro atoms. The molecule has 1 atom stereocenters. The Bertz CT molecular complexity index is 441. The van der Waals surface area contributed by atoms with E-state index in [1.54, 1.807) is 13.0 Å².